The molecule has 0 saturated heterocycles. The van der Waals surface area contributed by atoms with Crippen LogP contribution in [0.1, 0.15) is 5.56 Å². The van der Waals surface area contributed by atoms with Gasteiger partial charge in [0.2, 0.25) is 0 Å². The first-order chi connectivity index (χ1) is 16.8. The molecule has 0 aliphatic carbocycles. The summed E-state index contributed by atoms with van der Waals surface area (Å²) in [4.78, 5) is 0. The van der Waals surface area contributed by atoms with E-state index in [4.69, 9.17) is 4.42 Å². The van der Waals surface area contributed by atoms with Gasteiger partial charge < -0.3 is 8.98 Å². The van der Waals surface area contributed by atoms with Crippen molar-refractivity contribution in [2.75, 3.05) is 0 Å². The number of aromatic nitrogens is 1. The van der Waals surface area contributed by atoms with Gasteiger partial charge in [-0.15, -0.1) is 0 Å². The largest absolute Gasteiger partial charge is 0.456 e. The SMILES string of the molecule is N#Cc1ccc(-c2cccc3oc4ccccc4c23)c(-n2c3ccccc3c3ccccc32)c1. The number of nitriles is 1. The van der Waals surface area contributed by atoms with Gasteiger partial charge in [0.15, 0.2) is 0 Å². The molecule has 2 aromatic heterocycles. The van der Waals surface area contributed by atoms with E-state index in [1.165, 1.54) is 10.8 Å². The third-order valence-corrected chi connectivity index (χ3v) is 6.64. The Morgan fingerprint density at radius 3 is 1.97 bits per heavy atom. The van der Waals surface area contributed by atoms with Crippen molar-refractivity contribution in [2.45, 2.75) is 0 Å². The van der Waals surface area contributed by atoms with Crippen LogP contribution in [-0.4, -0.2) is 4.57 Å². The molecule has 0 saturated carbocycles. The molecule has 2 heterocycles. The predicted octanol–water partition coefficient (Wildman–Crippen LogP) is 8.22. The maximum Gasteiger partial charge on any atom is 0.136 e. The first kappa shape index (κ1) is 18.7. The molecular formula is C31H18N2O. The zero-order valence-electron chi connectivity index (χ0n) is 18.2. The van der Waals surface area contributed by atoms with Gasteiger partial charge in [-0.2, -0.15) is 5.26 Å². The van der Waals surface area contributed by atoms with Gasteiger partial charge in [-0.05, 0) is 42.0 Å². The Kier molecular flexibility index (Phi) is 3.91. The number of rotatable bonds is 2. The Morgan fingerprint density at radius 1 is 0.588 bits per heavy atom. The molecule has 0 aliphatic rings. The number of nitrogens with zero attached hydrogens (tertiary/aromatic N) is 2. The van der Waals surface area contributed by atoms with Gasteiger partial charge in [0.1, 0.15) is 11.2 Å². The highest BCUT2D eigenvalue weighted by molar-refractivity contribution is 6.14. The lowest BCUT2D eigenvalue weighted by Gasteiger charge is -2.15. The van der Waals surface area contributed by atoms with E-state index in [0.717, 1.165) is 49.8 Å². The number of furan rings is 1. The topological polar surface area (TPSA) is 41.9 Å². The minimum Gasteiger partial charge on any atom is -0.456 e. The molecule has 7 aromatic rings. The Bertz CT molecular complexity index is 1880. The second-order valence-corrected chi connectivity index (χ2v) is 8.49. The summed E-state index contributed by atoms with van der Waals surface area (Å²) in [6.45, 7) is 0. The standard InChI is InChI=1S/C31H18N2O/c32-19-20-16-17-23(24-11-7-15-30-31(24)25-10-3-6-14-29(25)34-30)28(18-20)33-26-12-4-1-8-21(26)22-9-2-5-13-27(22)33/h1-18H. The quantitative estimate of drug-likeness (QED) is 0.275. The van der Waals surface area contributed by atoms with E-state index >= 15 is 0 Å². The highest BCUT2D eigenvalue weighted by Gasteiger charge is 2.19. The van der Waals surface area contributed by atoms with Crippen molar-refractivity contribution in [2.24, 2.45) is 0 Å². The van der Waals surface area contributed by atoms with E-state index in [1.54, 1.807) is 0 Å². The average molecular weight is 434 g/mol. The Balaban J connectivity index is 1.65. The van der Waals surface area contributed by atoms with Crippen molar-refractivity contribution in [3.05, 3.63) is 115 Å². The van der Waals surface area contributed by atoms with Crippen LogP contribution >= 0.6 is 0 Å². The smallest absolute Gasteiger partial charge is 0.136 e. The summed E-state index contributed by atoms with van der Waals surface area (Å²) >= 11 is 0. The van der Waals surface area contributed by atoms with Gasteiger partial charge in [0.25, 0.3) is 0 Å². The third kappa shape index (κ3) is 2.57. The van der Waals surface area contributed by atoms with Gasteiger partial charge in [0, 0.05) is 27.1 Å². The lowest BCUT2D eigenvalue weighted by Crippen LogP contribution is -1.98. The third-order valence-electron chi connectivity index (χ3n) is 6.64. The molecule has 7 rings (SSSR count). The summed E-state index contributed by atoms with van der Waals surface area (Å²) in [5.74, 6) is 0. The van der Waals surface area contributed by atoms with Crippen LogP contribution in [0.3, 0.4) is 0 Å². The molecule has 34 heavy (non-hydrogen) atoms. The van der Waals surface area contributed by atoms with Gasteiger partial charge in [0.05, 0.1) is 28.4 Å². The lowest BCUT2D eigenvalue weighted by atomic mass is 9.96. The predicted molar refractivity (Wildman–Crippen MR) is 138 cm³/mol. The van der Waals surface area contributed by atoms with Crippen LogP contribution in [0.5, 0.6) is 0 Å². The van der Waals surface area contributed by atoms with Crippen LogP contribution < -0.4 is 0 Å². The number of hydrogen-bond donors (Lipinski definition) is 0. The summed E-state index contributed by atoms with van der Waals surface area (Å²) < 4.78 is 8.45. The van der Waals surface area contributed by atoms with Crippen molar-refractivity contribution in [3.63, 3.8) is 0 Å². The van der Waals surface area contributed by atoms with Crippen molar-refractivity contribution in [3.8, 4) is 22.9 Å². The second-order valence-electron chi connectivity index (χ2n) is 8.49. The fourth-order valence-electron chi connectivity index (χ4n) is 5.20. The maximum absolute atomic E-state index is 9.75. The van der Waals surface area contributed by atoms with E-state index in [1.807, 2.05) is 42.5 Å². The molecule has 5 aromatic carbocycles. The fraction of sp³-hybridized carbons (Fsp3) is 0. The molecule has 0 unspecified atom stereocenters. The van der Waals surface area contributed by atoms with Crippen molar-refractivity contribution in [1.29, 1.82) is 5.26 Å². The summed E-state index contributed by atoms with van der Waals surface area (Å²) in [5, 5.41) is 14.3. The van der Waals surface area contributed by atoms with E-state index in [0.29, 0.717) is 5.56 Å². The fourth-order valence-corrected chi connectivity index (χ4v) is 5.20. The number of para-hydroxylation sites is 3. The monoisotopic (exact) mass is 434 g/mol. The van der Waals surface area contributed by atoms with Gasteiger partial charge in [-0.25, -0.2) is 0 Å². The molecule has 0 fully saturated rings. The average Bonchev–Trinajstić information content (AvgIpc) is 3.44. The highest BCUT2D eigenvalue weighted by atomic mass is 16.3. The van der Waals surface area contributed by atoms with E-state index in [9.17, 15) is 5.26 Å². The molecule has 0 spiro atoms. The van der Waals surface area contributed by atoms with Crippen molar-refractivity contribution < 1.29 is 4.42 Å². The Labute approximate surface area is 195 Å². The zero-order valence-corrected chi connectivity index (χ0v) is 18.2. The molecular weight excluding hydrogens is 416 g/mol. The molecule has 0 N–H and O–H groups in total. The molecule has 3 nitrogen and oxygen atoms in total. The molecule has 0 atom stereocenters. The molecule has 0 radical (unpaired) electrons. The van der Waals surface area contributed by atoms with Crippen LogP contribution in [0.25, 0.3) is 60.6 Å². The second kappa shape index (κ2) is 7.10. The number of hydrogen-bond acceptors (Lipinski definition) is 2. The highest BCUT2D eigenvalue weighted by Crippen LogP contribution is 2.41. The van der Waals surface area contributed by atoms with Crippen LogP contribution in [-0.2, 0) is 0 Å². The van der Waals surface area contributed by atoms with Gasteiger partial charge in [-0.1, -0.05) is 72.8 Å². The minimum atomic E-state index is 0.629. The Morgan fingerprint density at radius 2 is 1.24 bits per heavy atom. The van der Waals surface area contributed by atoms with Crippen LogP contribution in [0, 0.1) is 11.3 Å². The van der Waals surface area contributed by atoms with E-state index in [2.05, 4.69) is 77.4 Å². The molecule has 3 heteroatoms. The zero-order chi connectivity index (χ0) is 22.6. The van der Waals surface area contributed by atoms with E-state index < -0.39 is 0 Å². The van der Waals surface area contributed by atoms with Crippen LogP contribution in [0.4, 0.5) is 0 Å². The first-order valence-corrected chi connectivity index (χ1v) is 11.3. The van der Waals surface area contributed by atoms with Crippen molar-refractivity contribution in [1.82, 2.24) is 4.57 Å². The van der Waals surface area contributed by atoms with Crippen LogP contribution in [0.2, 0.25) is 0 Å². The molecule has 0 aliphatic heterocycles. The summed E-state index contributed by atoms with van der Waals surface area (Å²) in [6.07, 6.45) is 0. The number of fused-ring (bicyclic) bond motifs is 6. The normalized spacial score (nSPS) is 11.5. The maximum atomic E-state index is 9.75. The summed E-state index contributed by atoms with van der Waals surface area (Å²) in [6, 6.07) is 39.5. The lowest BCUT2D eigenvalue weighted by molar-refractivity contribution is 0.669. The summed E-state index contributed by atoms with van der Waals surface area (Å²) in [7, 11) is 0. The number of benzene rings is 5. The summed E-state index contributed by atoms with van der Waals surface area (Å²) in [5.41, 5.74) is 7.72. The first-order valence-electron chi connectivity index (χ1n) is 11.3. The van der Waals surface area contributed by atoms with Crippen molar-refractivity contribution >= 4 is 43.7 Å². The molecule has 0 bridgehead atoms. The molecule has 158 valence electrons. The molecule has 0 amide bonds. The van der Waals surface area contributed by atoms with Crippen LogP contribution in [0.15, 0.2) is 114 Å². The Hall–Kier alpha value is -4.81. The van der Waals surface area contributed by atoms with Gasteiger partial charge in [-0.3, -0.25) is 0 Å². The van der Waals surface area contributed by atoms with Gasteiger partial charge >= 0.3 is 0 Å². The minimum absolute atomic E-state index is 0.629. The van der Waals surface area contributed by atoms with E-state index in [-0.39, 0.29) is 0 Å².